The van der Waals surface area contributed by atoms with Crippen LogP contribution in [0.4, 0.5) is 0 Å². The maximum atomic E-state index is 12.0. The van der Waals surface area contributed by atoms with Crippen molar-refractivity contribution >= 4 is 11.9 Å². The van der Waals surface area contributed by atoms with E-state index >= 15 is 0 Å². The van der Waals surface area contributed by atoms with Crippen molar-refractivity contribution in [3.8, 4) is 0 Å². The van der Waals surface area contributed by atoms with E-state index in [0.29, 0.717) is 12.8 Å². The fourth-order valence-corrected chi connectivity index (χ4v) is 1.80. The predicted molar refractivity (Wildman–Crippen MR) is 68.0 cm³/mol. The highest BCUT2D eigenvalue weighted by molar-refractivity contribution is 5.83. The van der Waals surface area contributed by atoms with Crippen molar-refractivity contribution in [1.82, 2.24) is 5.32 Å². The van der Waals surface area contributed by atoms with Crippen LogP contribution in [0.5, 0.6) is 0 Å². The number of carboxylic acids is 1. The summed E-state index contributed by atoms with van der Waals surface area (Å²) in [5.41, 5.74) is 3.54. The molecule has 106 valence electrons. The monoisotopic (exact) mass is 260 g/mol. The van der Waals surface area contributed by atoms with Gasteiger partial charge in [-0.05, 0) is 19.8 Å². The molecule has 0 heterocycles. The number of aliphatic carboxylic acids is 1. The molecule has 0 aromatic heterocycles. The molecule has 0 aliphatic rings. The zero-order valence-electron chi connectivity index (χ0n) is 11.3. The lowest BCUT2D eigenvalue weighted by molar-refractivity contribution is -0.143. The molecule has 18 heavy (non-hydrogen) atoms. The van der Waals surface area contributed by atoms with Gasteiger partial charge in [0.2, 0.25) is 5.91 Å². The van der Waals surface area contributed by atoms with Crippen LogP contribution in [0.15, 0.2) is 0 Å². The summed E-state index contributed by atoms with van der Waals surface area (Å²) in [5, 5.41) is 21.0. The van der Waals surface area contributed by atoms with Crippen LogP contribution in [0.3, 0.4) is 0 Å². The van der Waals surface area contributed by atoms with E-state index < -0.39 is 23.4 Å². The number of aliphatic hydroxyl groups is 1. The van der Waals surface area contributed by atoms with Gasteiger partial charge in [-0.2, -0.15) is 0 Å². The van der Waals surface area contributed by atoms with Gasteiger partial charge in [-0.1, -0.05) is 13.8 Å². The molecule has 0 radical (unpaired) electrons. The van der Waals surface area contributed by atoms with Crippen LogP contribution in [-0.2, 0) is 9.59 Å². The number of carbonyl (C=O) groups excluding carboxylic acids is 1. The maximum Gasteiger partial charge on any atom is 0.306 e. The van der Waals surface area contributed by atoms with Gasteiger partial charge in [-0.25, -0.2) is 0 Å². The lowest BCUT2D eigenvalue weighted by Gasteiger charge is -2.30. The second-order valence-electron chi connectivity index (χ2n) is 4.94. The zero-order valence-corrected chi connectivity index (χ0v) is 11.3. The molecule has 0 aliphatic heterocycles. The summed E-state index contributed by atoms with van der Waals surface area (Å²) in [7, 11) is 0. The van der Waals surface area contributed by atoms with Gasteiger partial charge in [0, 0.05) is 13.1 Å². The van der Waals surface area contributed by atoms with Gasteiger partial charge in [0.15, 0.2) is 0 Å². The number of rotatable bonds is 8. The first-order valence-corrected chi connectivity index (χ1v) is 6.15. The highest BCUT2D eigenvalue weighted by Gasteiger charge is 2.34. The Morgan fingerprint density at radius 2 is 1.78 bits per heavy atom. The molecule has 5 N–H and O–H groups in total. The minimum absolute atomic E-state index is 0.0973. The minimum atomic E-state index is -1.46. The largest absolute Gasteiger partial charge is 0.481 e. The van der Waals surface area contributed by atoms with Crippen LogP contribution in [0.2, 0.25) is 0 Å². The van der Waals surface area contributed by atoms with E-state index in [-0.39, 0.29) is 19.0 Å². The lowest BCUT2D eigenvalue weighted by Crippen LogP contribution is -2.50. The van der Waals surface area contributed by atoms with E-state index in [1.807, 2.05) is 13.8 Å². The third kappa shape index (κ3) is 4.62. The Bertz CT molecular complexity index is 290. The highest BCUT2D eigenvalue weighted by Crippen LogP contribution is 2.25. The molecule has 0 saturated heterocycles. The molecule has 0 aromatic carbocycles. The summed E-state index contributed by atoms with van der Waals surface area (Å²) >= 11 is 0. The first-order chi connectivity index (χ1) is 8.23. The third-order valence-electron chi connectivity index (χ3n) is 3.39. The number of carbonyl (C=O) groups is 2. The molecule has 1 atom stereocenters. The molecule has 0 aromatic rings. The number of carboxylic acid groups (broad SMARTS) is 1. The van der Waals surface area contributed by atoms with Crippen molar-refractivity contribution in [3.63, 3.8) is 0 Å². The second kappa shape index (κ2) is 6.70. The Kier molecular flexibility index (Phi) is 6.28. The molecule has 0 saturated carbocycles. The Morgan fingerprint density at radius 3 is 2.11 bits per heavy atom. The second-order valence-corrected chi connectivity index (χ2v) is 4.94. The van der Waals surface area contributed by atoms with Crippen LogP contribution in [-0.4, -0.2) is 40.8 Å². The number of nitrogens with two attached hydrogens (primary N) is 1. The average Bonchev–Trinajstić information content (AvgIpc) is 2.28. The average molecular weight is 260 g/mol. The van der Waals surface area contributed by atoms with Gasteiger partial charge in [0.05, 0.1) is 17.4 Å². The topological polar surface area (TPSA) is 113 Å². The molecular weight excluding hydrogens is 236 g/mol. The molecule has 0 fully saturated rings. The van der Waals surface area contributed by atoms with Crippen LogP contribution >= 0.6 is 0 Å². The molecule has 6 nitrogen and oxygen atoms in total. The quantitative estimate of drug-likeness (QED) is 0.494. The van der Waals surface area contributed by atoms with Gasteiger partial charge in [0.1, 0.15) is 0 Å². The maximum absolute atomic E-state index is 12.0. The summed E-state index contributed by atoms with van der Waals surface area (Å²) in [6.45, 7) is 5.27. The molecule has 1 unspecified atom stereocenters. The first-order valence-electron chi connectivity index (χ1n) is 6.15. The van der Waals surface area contributed by atoms with E-state index in [4.69, 9.17) is 10.8 Å². The first kappa shape index (κ1) is 16.9. The van der Waals surface area contributed by atoms with Gasteiger partial charge in [-0.15, -0.1) is 0 Å². The van der Waals surface area contributed by atoms with Gasteiger partial charge in [-0.3, -0.25) is 9.59 Å². The number of amides is 1. The smallest absolute Gasteiger partial charge is 0.306 e. The highest BCUT2D eigenvalue weighted by atomic mass is 16.4. The summed E-state index contributed by atoms with van der Waals surface area (Å²) in [5.74, 6) is -1.34. The zero-order chi connectivity index (χ0) is 14.4. The van der Waals surface area contributed by atoms with Crippen molar-refractivity contribution in [2.45, 2.75) is 45.6 Å². The van der Waals surface area contributed by atoms with E-state index in [1.54, 1.807) is 0 Å². The Morgan fingerprint density at radius 1 is 1.28 bits per heavy atom. The van der Waals surface area contributed by atoms with Crippen LogP contribution in [0, 0.1) is 5.41 Å². The van der Waals surface area contributed by atoms with Crippen molar-refractivity contribution in [1.29, 1.82) is 0 Å². The summed E-state index contributed by atoms with van der Waals surface area (Å²) in [4.78, 5) is 22.6. The van der Waals surface area contributed by atoms with E-state index in [1.165, 1.54) is 6.92 Å². The van der Waals surface area contributed by atoms with E-state index in [9.17, 15) is 14.7 Å². The molecule has 0 spiro atoms. The lowest BCUT2D eigenvalue weighted by atomic mass is 9.81. The van der Waals surface area contributed by atoms with Crippen molar-refractivity contribution in [2.75, 3.05) is 13.1 Å². The van der Waals surface area contributed by atoms with E-state index in [2.05, 4.69) is 5.32 Å². The number of nitrogens with one attached hydrogen (secondary N) is 1. The molecule has 1 amide bonds. The normalized spacial score (nSPS) is 14.9. The van der Waals surface area contributed by atoms with Crippen molar-refractivity contribution < 1.29 is 19.8 Å². The van der Waals surface area contributed by atoms with Gasteiger partial charge >= 0.3 is 5.97 Å². The van der Waals surface area contributed by atoms with Crippen LogP contribution in [0.25, 0.3) is 0 Å². The minimum Gasteiger partial charge on any atom is -0.481 e. The van der Waals surface area contributed by atoms with Crippen molar-refractivity contribution in [2.24, 2.45) is 11.1 Å². The predicted octanol–water partition coefficient (Wildman–Crippen LogP) is 0.0934. The van der Waals surface area contributed by atoms with Crippen LogP contribution in [0.1, 0.15) is 40.0 Å². The molecule has 0 bridgehead atoms. The Hall–Kier alpha value is -1.14. The fourth-order valence-electron chi connectivity index (χ4n) is 1.80. The number of hydrogen-bond acceptors (Lipinski definition) is 4. The number of hydrogen-bond donors (Lipinski definition) is 4. The van der Waals surface area contributed by atoms with Crippen molar-refractivity contribution in [3.05, 3.63) is 0 Å². The molecule has 0 aliphatic carbocycles. The third-order valence-corrected chi connectivity index (χ3v) is 3.39. The summed E-state index contributed by atoms with van der Waals surface area (Å²) < 4.78 is 0. The summed E-state index contributed by atoms with van der Waals surface area (Å²) in [6.07, 6.45) is 0.793. The standard InChI is InChI=1S/C12H24N2O4/c1-4-12(5-2,7-13)10(17)14-8-11(3,18)6-9(15)16/h18H,4-8,13H2,1-3H3,(H,14,17)(H,15,16). The van der Waals surface area contributed by atoms with Gasteiger partial charge < -0.3 is 21.3 Å². The molecule has 6 heteroatoms. The van der Waals surface area contributed by atoms with Crippen LogP contribution < -0.4 is 11.1 Å². The van der Waals surface area contributed by atoms with Gasteiger partial charge in [0.25, 0.3) is 0 Å². The molecule has 0 rings (SSSR count). The molecular formula is C12H24N2O4. The summed E-state index contributed by atoms with van der Waals surface area (Å²) in [6, 6.07) is 0. The fraction of sp³-hybridized carbons (Fsp3) is 0.833. The SMILES string of the molecule is CCC(CC)(CN)C(=O)NCC(C)(O)CC(=O)O. The Balaban J connectivity index is 4.53. The Labute approximate surface area is 108 Å². The van der Waals surface area contributed by atoms with E-state index in [0.717, 1.165) is 0 Å².